The third-order valence-corrected chi connectivity index (χ3v) is 3.13. The molecule has 0 saturated carbocycles. The molecule has 8 heteroatoms. The Morgan fingerprint density at radius 1 is 1.35 bits per heavy atom. The van der Waals surface area contributed by atoms with Crippen molar-refractivity contribution in [3.05, 3.63) is 34.1 Å². The van der Waals surface area contributed by atoms with Crippen molar-refractivity contribution in [1.82, 2.24) is 10.1 Å². The second-order valence-corrected chi connectivity index (χ2v) is 4.74. The highest BCUT2D eigenvalue weighted by atomic mass is 79.9. The third-order valence-electron chi connectivity index (χ3n) is 2.56. The molecule has 5 nitrogen and oxygen atoms in total. The molecule has 0 aliphatic heterocycles. The lowest BCUT2D eigenvalue weighted by atomic mass is 10.2. The summed E-state index contributed by atoms with van der Waals surface area (Å²) >= 11 is 2.92. The van der Waals surface area contributed by atoms with Crippen molar-refractivity contribution in [1.29, 1.82) is 0 Å². The van der Waals surface area contributed by atoms with Crippen molar-refractivity contribution in [3.63, 3.8) is 0 Å². The van der Waals surface area contributed by atoms with Crippen molar-refractivity contribution in [2.45, 2.75) is 6.10 Å². The second kappa shape index (κ2) is 6.38. The summed E-state index contributed by atoms with van der Waals surface area (Å²) in [6.45, 7) is 0.213. The molecule has 1 unspecified atom stereocenters. The number of benzene rings is 1. The summed E-state index contributed by atoms with van der Waals surface area (Å²) in [5.41, 5.74) is -0.122. The topological polar surface area (TPSA) is 57.4 Å². The van der Waals surface area contributed by atoms with Gasteiger partial charge in [-0.2, -0.15) is 4.98 Å². The van der Waals surface area contributed by atoms with E-state index in [9.17, 15) is 8.78 Å². The number of halogens is 3. The van der Waals surface area contributed by atoms with Crippen LogP contribution in [0.25, 0.3) is 11.5 Å². The molecule has 108 valence electrons. The largest absolute Gasteiger partial charge is 0.381 e. The first-order valence-corrected chi connectivity index (χ1v) is 6.36. The van der Waals surface area contributed by atoms with E-state index in [2.05, 4.69) is 26.1 Å². The van der Waals surface area contributed by atoms with Gasteiger partial charge in [-0.05, 0) is 28.1 Å². The van der Waals surface area contributed by atoms with Gasteiger partial charge in [-0.25, -0.2) is 8.78 Å². The highest BCUT2D eigenvalue weighted by Gasteiger charge is 2.21. The van der Waals surface area contributed by atoms with Crippen LogP contribution in [-0.2, 0) is 9.47 Å². The number of aromatic nitrogens is 2. The fourth-order valence-corrected chi connectivity index (χ4v) is 2.02. The molecular weight excluding hydrogens is 338 g/mol. The number of nitrogens with zero attached hydrogens (tertiary/aromatic N) is 2. The molecule has 1 heterocycles. The maximum Gasteiger partial charge on any atom is 0.261 e. The molecule has 1 aromatic heterocycles. The summed E-state index contributed by atoms with van der Waals surface area (Å²) in [5.74, 6) is -1.23. The molecule has 2 aromatic rings. The van der Waals surface area contributed by atoms with E-state index in [1.54, 1.807) is 0 Å². The Hall–Kier alpha value is -1.38. The monoisotopic (exact) mass is 348 g/mol. The third kappa shape index (κ3) is 3.02. The van der Waals surface area contributed by atoms with Crippen LogP contribution in [-0.4, -0.2) is 31.0 Å². The predicted molar refractivity (Wildman–Crippen MR) is 69.0 cm³/mol. The summed E-state index contributed by atoms with van der Waals surface area (Å²) in [5, 5.41) is 3.69. The number of hydrogen-bond acceptors (Lipinski definition) is 5. The zero-order chi connectivity index (χ0) is 14.7. The standard InChI is InChI=1S/C12H11BrF2N2O3/c1-18-5-9(19-2)11-16-12(20-17-11)7-3-6(14)4-8(13)10(7)15/h3-4,9H,5H2,1-2H3. The first-order chi connectivity index (χ1) is 9.56. The molecule has 1 aromatic carbocycles. The van der Waals surface area contributed by atoms with Gasteiger partial charge in [0.25, 0.3) is 5.89 Å². The van der Waals surface area contributed by atoms with E-state index >= 15 is 0 Å². The van der Waals surface area contributed by atoms with Crippen molar-refractivity contribution in [2.24, 2.45) is 0 Å². The number of rotatable bonds is 5. The molecular formula is C12H11BrF2N2O3. The lowest BCUT2D eigenvalue weighted by Gasteiger charge is -2.08. The van der Waals surface area contributed by atoms with Crippen molar-refractivity contribution in [2.75, 3.05) is 20.8 Å². The van der Waals surface area contributed by atoms with Gasteiger partial charge in [0.1, 0.15) is 17.7 Å². The smallest absolute Gasteiger partial charge is 0.261 e. The molecule has 2 rings (SSSR count). The second-order valence-electron chi connectivity index (χ2n) is 3.89. The Morgan fingerprint density at radius 3 is 2.75 bits per heavy atom. The van der Waals surface area contributed by atoms with Crippen LogP contribution in [0.1, 0.15) is 11.9 Å². The van der Waals surface area contributed by atoms with Crippen LogP contribution in [0.4, 0.5) is 8.78 Å². The average molecular weight is 349 g/mol. The Kier molecular flexibility index (Phi) is 4.79. The Morgan fingerprint density at radius 2 is 2.10 bits per heavy atom. The minimum absolute atomic E-state index is 0.0209. The fourth-order valence-electron chi connectivity index (χ4n) is 1.59. The van der Waals surface area contributed by atoms with Gasteiger partial charge in [0.15, 0.2) is 0 Å². The molecule has 0 bridgehead atoms. The summed E-state index contributed by atoms with van der Waals surface area (Å²) in [6, 6.07) is 1.99. The number of methoxy groups -OCH3 is 2. The van der Waals surface area contributed by atoms with Gasteiger partial charge in [0.05, 0.1) is 16.6 Å². The molecule has 0 fully saturated rings. The van der Waals surface area contributed by atoms with E-state index in [1.165, 1.54) is 14.2 Å². The lowest BCUT2D eigenvalue weighted by molar-refractivity contribution is 0.0209. The quantitative estimate of drug-likeness (QED) is 0.777. The molecule has 0 radical (unpaired) electrons. The van der Waals surface area contributed by atoms with Gasteiger partial charge in [-0.15, -0.1) is 0 Å². The SMILES string of the molecule is COCC(OC)c1noc(-c2cc(F)cc(Br)c2F)n1. The number of hydrogen-bond donors (Lipinski definition) is 0. The van der Waals surface area contributed by atoms with E-state index in [4.69, 9.17) is 14.0 Å². The summed E-state index contributed by atoms with van der Waals surface area (Å²) < 4.78 is 42.2. The Labute approximate surface area is 122 Å². The fraction of sp³-hybridized carbons (Fsp3) is 0.333. The maximum absolute atomic E-state index is 13.9. The van der Waals surface area contributed by atoms with E-state index < -0.39 is 17.7 Å². The lowest BCUT2D eigenvalue weighted by Crippen LogP contribution is -2.10. The van der Waals surface area contributed by atoms with Gasteiger partial charge in [-0.1, -0.05) is 5.16 Å². The van der Waals surface area contributed by atoms with Crippen LogP contribution >= 0.6 is 15.9 Å². The first-order valence-electron chi connectivity index (χ1n) is 5.57. The maximum atomic E-state index is 13.9. The Balaban J connectivity index is 2.38. The molecule has 0 amide bonds. The van der Waals surface area contributed by atoms with Crippen LogP contribution in [0.3, 0.4) is 0 Å². The van der Waals surface area contributed by atoms with E-state index in [-0.39, 0.29) is 28.4 Å². The highest BCUT2D eigenvalue weighted by molar-refractivity contribution is 9.10. The Bertz CT molecular complexity index is 606. The van der Waals surface area contributed by atoms with E-state index in [1.807, 2.05) is 0 Å². The zero-order valence-electron chi connectivity index (χ0n) is 10.7. The van der Waals surface area contributed by atoms with E-state index in [0.717, 1.165) is 12.1 Å². The molecule has 0 spiro atoms. The van der Waals surface area contributed by atoms with Gasteiger partial charge in [0, 0.05) is 14.2 Å². The number of ether oxygens (including phenoxy) is 2. The van der Waals surface area contributed by atoms with Crippen molar-refractivity contribution in [3.8, 4) is 11.5 Å². The highest BCUT2D eigenvalue weighted by Crippen LogP contribution is 2.29. The first kappa shape index (κ1) is 15.0. The van der Waals surface area contributed by atoms with Crippen LogP contribution < -0.4 is 0 Å². The molecule has 0 N–H and O–H groups in total. The van der Waals surface area contributed by atoms with Crippen molar-refractivity contribution >= 4 is 15.9 Å². The van der Waals surface area contributed by atoms with Gasteiger partial charge >= 0.3 is 0 Å². The molecule has 0 saturated heterocycles. The van der Waals surface area contributed by atoms with Crippen molar-refractivity contribution < 1.29 is 22.8 Å². The van der Waals surface area contributed by atoms with E-state index in [0.29, 0.717) is 0 Å². The molecule has 1 atom stereocenters. The molecule has 0 aliphatic rings. The van der Waals surface area contributed by atoms with Crippen LogP contribution in [0.5, 0.6) is 0 Å². The molecule has 20 heavy (non-hydrogen) atoms. The molecule has 0 aliphatic carbocycles. The van der Waals surface area contributed by atoms with Crippen LogP contribution in [0.15, 0.2) is 21.1 Å². The van der Waals surface area contributed by atoms with Crippen LogP contribution in [0, 0.1) is 11.6 Å². The zero-order valence-corrected chi connectivity index (χ0v) is 12.3. The normalized spacial score (nSPS) is 12.7. The minimum atomic E-state index is -0.678. The van der Waals surface area contributed by atoms with Gasteiger partial charge in [0.2, 0.25) is 5.82 Å². The average Bonchev–Trinajstić information content (AvgIpc) is 2.89. The van der Waals surface area contributed by atoms with Crippen LogP contribution in [0.2, 0.25) is 0 Å². The van der Waals surface area contributed by atoms with Gasteiger partial charge < -0.3 is 14.0 Å². The summed E-state index contributed by atoms with van der Waals surface area (Å²) in [4.78, 5) is 4.00. The minimum Gasteiger partial charge on any atom is -0.381 e. The predicted octanol–water partition coefficient (Wildman–Crippen LogP) is 3.11. The summed E-state index contributed by atoms with van der Waals surface area (Å²) in [7, 11) is 2.95. The summed E-state index contributed by atoms with van der Waals surface area (Å²) in [6.07, 6.45) is -0.544. The van der Waals surface area contributed by atoms with Gasteiger partial charge in [-0.3, -0.25) is 0 Å².